The second kappa shape index (κ2) is 4.77. The average Bonchev–Trinajstić information content (AvgIpc) is 1.86. The van der Waals surface area contributed by atoms with Gasteiger partial charge in [0, 0.05) is 21.1 Å². The molecule has 1 aliphatic rings. The Bertz CT molecular complexity index is 167. The summed E-state index contributed by atoms with van der Waals surface area (Å²) in [5.41, 5.74) is 0.465. The minimum absolute atomic E-state index is 0. The maximum absolute atomic E-state index is 5.13. The van der Waals surface area contributed by atoms with Crippen LogP contribution in [-0.4, -0.2) is 0 Å². The number of rotatable bonds is 0. The first-order valence-corrected chi connectivity index (χ1v) is 4.77. The summed E-state index contributed by atoms with van der Waals surface area (Å²) in [6.45, 7) is 6.96. The Labute approximate surface area is 95.9 Å². The van der Waals surface area contributed by atoms with Gasteiger partial charge in [0.2, 0.25) is 0 Å². The van der Waals surface area contributed by atoms with E-state index in [1.807, 2.05) is 0 Å². The van der Waals surface area contributed by atoms with Crippen LogP contribution in [0.3, 0.4) is 0 Å². The van der Waals surface area contributed by atoms with E-state index in [4.69, 9.17) is 12.6 Å². The van der Waals surface area contributed by atoms with Gasteiger partial charge in [0.15, 0.2) is 0 Å². The van der Waals surface area contributed by atoms with Crippen LogP contribution >= 0.6 is 0 Å². The van der Waals surface area contributed by atoms with E-state index in [9.17, 15) is 0 Å². The van der Waals surface area contributed by atoms with E-state index in [-0.39, 0.29) is 21.1 Å². The van der Waals surface area contributed by atoms with Gasteiger partial charge in [0.1, 0.15) is 0 Å². The molecule has 0 bridgehead atoms. The van der Waals surface area contributed by atoms with Gasteiger partial charge in [-0.1, -0.05) is 27.2 Å². The molecule has 2 heteroatoms. The molecule has 0 aliphatic heterocycles. The number of hydrogen-bond donors (Lipinski definition) is 0. The molecular weight excluding hydrogens is 347 g/mol. The van der Waals surface area contributed by atoms with Crippen molar-refractivity contribution in [3.63, 3.8) is 0 Å². The van der Waals surface area contributed by atoms with Gasteiger partial charge >= 0.3 is 0 Å². The van der Waals surface area contributed by atoms with Gasteiger partial charge in [-0.2, -0.15) is 0 Å². The summed E-state index contributed by atoms with van der Waals surface area (Å²) in [4.78, 5) is 1.17. The van der Waals surface area contributed by atoms with Crippen LogP contribution in [0.5, 0.6) is 0 Å². The van der Waals surface area contributed by atoms with Crippen LogP contribution in [0.25, 0.3) is 0 Å². The summed E-state index contributed by atoms with van der Waals surface area (Å²) < 4.78 is 0. The van der Waals surface area contributed by atoms with E-state index in [1.165, 1.54) is 17.7 Å². The van der Waals surface area contributed by atoms with Crippen LogP contribution < -0.4 is 0 Å². The van der Waals surface area contributed by atoms with Crippen LogP contribution in [0, 0.1) is 11.3 Å². The van der Waals surface area contributed by atoms with Crippen molar-refractivity contribution in [2.24, 2.45) is 11.3 Å². The normalized spacial score (nSPS) is 24.2. The SMILES string of the molecule is CC(C)(C)C1CC=C([S-])CC1.[Pt]. The second-order valence-corrected chi connectivity index (χ2v) is 5.03. The molecule has 1 aliphatic carbocycles. The molecular formula is C10H17PtS-. The fourth-order valence-corrected chi connectivity index (χ4v) is 1.81. The average molecular weight is 364 g/mol. The van der Waals surface area contributed by atoms with Gasteiger partial charge in [0.05, 0.1) is 0 Å². The van der Waals surface area contributed by atoms with Crippen molar-refractivity contribution >= 4 is 12.6 Å². The Morgan fingerprint density at radius 2 is 2.00 bits per heavy atom. The first-order valence-electron chi connectivity index (χ1n) is 4.36. The minimum atomic E-state index is 0. The standard InChI is InChI=1S/C10H18S.Pt/c1-10(2,3)8-4-6-9(11)7-5-8;/h6,8,11H,4-5,7H2,1-3H3;/p-1. The van der Waals surface area contributed by atoms with Crippen LogP contribution in [-0.2, 0) is 33.7 Å². The summed E-state index contributed by atoms with van der Waals surface area (Å²) in [6.07, 6.45) is 5.85. The van der Waals surface area contributed by atoms with Gasteiger partial charge in [-0.05, 0) is 24.2 Å². The van der Waals surface area contributed by atoms with Gasteiger partial charge < -0.3 is 12.6 Å². The Balaban J connectivity index is 0.00000121. The first kappa shape index (κ1) is 12.6. The molecule has 12 heavy (non-hydrogen) atoms. The molecule has 0 aromatic heterocycles. The molecule has 0 aromatic rings. The molecule has 1 unspecified atom stereocenters. The van der Waals surface area contributed by atoms with E-state index in [1.54, 1.807) is 0 Å². The molecule has 1 rings (SSSR count). The predicted octanol–water partition coefficient (Wildman–Crippen LogP) is 3.26. The summed E-state index contributed by atoms with van der Waals surface area (Å²) >= 11 is 5.13. The maximum Gasteiger partial charge on any atom is 0 e. The Hall–Kier alpha value is 0.648. The zero-order valence-corrected chi connectivity index (χ0v) is 11.1. The van der Waals surface area contributed by atoms with Crippen LogP contribution in [0.4, 0.5) is 0 Å². The van der Waals surface area contributed by atoms with Crippen molar-refractivity contribution in [3.8, 4) is 0 Å². The Kier molecular flexibility index (Phi) is 5.02. The number of allylic oxidation sites excluding steroid dienone is 2. The predicted molar refractivity (Wildman–Crippen MR) is 52.2 cm³/mol. The Morgan fingerprint density at radius 1 is 1.42 bits per heavy atom. The summed E-state index contributed by atoms with van der Waals surface area (Å²) in [5, 5.41) is 0. The molecule has 0 nitrogen and oxygen atoms in total. The topological polar surface area (TPSA) is 0 Å². The molecule has 0 aromatic carbocycles. The summed E-state index contributed by atoms with van der Waals surface area (Å²) in [5.74, 6) is 0.842. The second-order valence-electron chi connectivity index (χ2n) is 4.51. The largest absolute Gasteiger partial charge is 0.784 e. The van der Waals surface area contributed by atoms with Crippen molar-refractivity contribution in [1.82, 2.24) is 0 Å². The van der Waals surface area contributed by atoms with Crippen molar-refractivity contribution in [2.75, 3.05) is 0 Å². The van der Waals surface area contributed by atoms with Gasteiger partial charge in [-0.25, -0.2) is 4.91 Å². The fraction of sp³-hybridized carbons (Fsp3) is 0.800. The monoisotopic (exact) mass is 364 g/mol. The van der Waals surface area contributed by atoms with Crippen molar-refractivity contribution in [3.05, 3.63) is 11.0 Å². The van der Waals surface area contributed by atoms with Gasteiger partial charge in [-0.15, -0.1) is 6.08 Å². The molecule has 0 saturated carbocycles. The molecule has 74 valence electrons. The van der Waals surface area contributed by atoms with Crippen LogP contribution in [0.15, 0.2) is 11.0 Å². The first-order chi connectivity index (χ1) is 5.00. The molecule has 0 saturated heterocycles. The van der Waals surface area contributed by atoms with Gasteiger partial charge in [-0.3, -0.25) is 0 Å². The van der Waals surface area contributed by atoms with E-state index >= 15 is 0 Å². The van der Waals surface area contributed by atoms with E-state index in [0.717, 1.165) is 12.3 Å². The summed E-state index contributed by atoms with van der Waals surface area (Å²) in [7, 11) is 0. The van der Waals surface area contributed by atoms with E-state index in [0.29, 0.717) is 5.41 Å². The fourth-order valence-electron chi connectivity index (χ4n) is 1.60. The van der Waals surface area contributed by atoms with E-state index in [2.05, 4.69) is 26.8 Å². The maximum atomic E-state index is 5.13. The van der Waals surface area contributed by atoms with Crippen LogP contribution in [0.1, 0.15) is 40.0 Å². The molecule has 0 amide bonds. The molecule has 0 fully saturated rings. The molecule has 0 N–H and O–H groups in total. The third-order valence-electron chi connectivity index (χ3n) is 2.59. The third kappa shape index (κ3) is 3.58. The van der Waals surface area contributed by atoms with E-state index < -0.39 is 0 Å². The molecule has 1 atom stereocenters. The van der Waals surface area contributed by atoms with Gasteiger partial charge in [0.25, 0.3) is 0 Å². The zero-order valence-electron chi connectivity index (χ0n) is 8.00. The van der Waals surface area contributed by atoms with Crippen LogP contribution in [0.2, 0.25) is 0 Å². The number of hydrogen-bond acceptors (Lipinski definition) is 1. The van der Waals surface area contributed by atoms with Crippen molar-refractivity contribution in [2.45, 2.75) is 40.0 Å². The quantitative estimate of drug-likeness (QED) is 0.595. The zero-order chi connectivity index (χ0) is 8.48. The van der Waals surface area contributed by atoms with Crippen molar-refractivity contribution < 1.29 is 21.1 Å². The molecule has 0 heterocycles. The molecule has 0 radical (unpaired) electrons. The van der Waals surface area contributed by atoms with Crippen molar-refractivity contribution in [1.29, 1.82) is 0 Å². The third-order valence-corrected chi connectivity index (χ3v) is 2.96. The summed E-state index contributed by atoms with van der Waals surface area (Å²) in [6, 6.07) is 0. The minimum Gasteiger partial charge on any atom is -0.784 e. The Morgan fingerprint density at radius 3 is 2.33 bits per heavy atom. The molecule has 0 spiro atoms. The smallest absolute Gasteiger partial charge is 0 e.